The van der Waals surface area contributed by atoms with Crippen LogP contribution in [-0.4, -0.2) is 54.9 Å². The lowest BCUT2D eigenvalue weighted by atomic mass is 9.96. The number of furan rings is 1. The van der Waals surface area contributed by atoms with E-state index >= 15 is 0 Å². The number of nitrogens with one attached hydrogen (secondary N) is 1. The number of amides is 2. The first-order chi connectivity index (χ1) is 14.1. The lowest BCUT2D eigenvalue weighted by Crippen LogP contribution is -2.53. The summed E-state index contributed by atoms with van der Waals surface area (Å²) in [6, 6.07) is 9.37. The zero-order valence-electron chi connectivity index (χ0n) is 16.4. The summed E-state index contributed by atoms with van der Waals surface area (Å²) in [5.74, 6) is -0.330. The number of nitrogens with zero attached hydrogens (tertiary/aromatic N) is 2. The van der Waals surface area contributed by atoms with E-state index in [9.17, 15) is 23.1 Å². The standard InChI is InChI=1S/C20H23ClF3N3O3/c1-14-6-7-17(30-14)19(29,20(22,23)24)8-9-25-18(28)27-12-10-26(11-13-27)16-5-3-2-4-15(16)21/h2-7,29H,8-13H2,1H3,(H,25,28). The lowest BCUT2D eigenvalue weighted by Gasteiger charge is -2.36. The highest BCUT2D eigenvalue weighted by atomic mass is 35.5. The molecule has 0 radical (unpaired) electrons. The van der Waals surface area contributed by atoms with Crippen LogP contribution >= 0.6 is 11.6 Å². The van der Waals surface area contributed by atoms with Crippen LogP contribution in [0.25, 0.3) is 0 Å². The van der Waals surface area contributed by atoms with Gasteiger partial charge < -0.3 is 24.6 Å². The van der Waals surface area contributed by atoms with Crippen molar-refractivity contribution < 1.29 is 27.5 Å². The third kappa shape index (κ3) is 4.67. The van der Waals surface area contributed by atoms with Crippen LogP contribution in [0.15, 0.2) is 40.8 Å². The molecule has 1 unspecified atom stereocenters. The molecular formula is C20H23ClF3N3O3. The highest BCUT2D eigenvalue weighted by Gasteiger charge is 2.56. The van der Waals surface area contributed by atoms with Crippen LogP contribution in [0, 0.1) is 6.92 Å². The molecule has 2 aromatic rings. The molecule has 1 saturated heterocycles. The predicted octanol–water partition coefficient (Wildman–Crippen LogP) is 3.91. The number of aliphatic hydroxyl groups is 1. The van der Waals surface area contributed by atoms with Crippen LogP contribution < -0.4 is 10.2 Å². The van der Waals surface area contributed by atoms with Crippen molar-refractivity contribution in [2.75, 3.05) is 37.6 Å². The SMILES string of the molecule is Cc1ccc(C(O)(CCNC(=O)N2CCN(c3ccccc3Cl)CC2)C(F)(F)F)o1. The fourth-order valence-electron chi connectivity index (χ4n) is 3.38. The van der Waals surface area contributed by atoms with E-state index < -0.39 is 30.0 Å². The van der Waals surface area contributed by atoms with Gasteiger partial charge in [0.1, 0.15) is 11.5 Å². The topological polar surface area (TPSA) is 69.0 Å². The lowest BCUT2D eigenvalue weighted by molar-refractivity contribution is -0.274. The Morgan fingerprint density at radius 1 is 1.17 bits per heavy atom. The Morgan fingerprint density at radius 3 is 2.40 bits per heavy atom. The van der Waals surface area contributed by atoms with E-state index in [1.54, 1.807) is 6.07 Å². The molecular weight excluding hydrogens is 423 g/mol. The van der Waals surface area contributed by atoms with Gasteiger partial charge in [0.25, 0.3) is 0 Å². The average molecular weight is 446 g/mol. The van der Waals surface area contributed by atoms with E-state index in [4.69, 9.17) is 16.0 Å². The van der Waals surface area contributed by atoms with Crippen molar-refractivity contribution in [2.24, 2.45) is 0 Å². The van der Waals surface area contributed by atoms with Gasteiger partial charge in [-0.3, -0.25) is 0 Å². The van der Waals surface area contributed by atoms with E-state index in [0.717, 1.165) is 11.8 Å². The fourth-order valence-corrected chi connectivity index (χ4v) is 3.64. The molecule has 6 nitrogen and oxygen atoms in total. The summed E-state index contributed by atoms with van der Waals surface area (Å²) >= 11 is 6.20. The van der Waals surface area contributed by atoms with Gasteiger partial charge in [0, 0.05) is 39.1 Å². The first-order valence-corrected chi connectivity index (χ1v) is 9.88. The molecule has 0 bridgehead atoms. The molecule has 1 atom stereocenters. The molecule has 2 heterocycles. The zero-order chi connectivity index (χ0) is 21.9. The maximum absolute atomic E-state index is 13.5. The van der Waals surface area contributed by atoms with Crippen molar-refractivity contribution in [1.29, 1.82) is 0 Å². The summed E-state index contributed by atoms with van der Waals surface area (Å²) in [7, 11) is 0. The van der Waals surface area contributed by atoms with Gasteiger partial charge in [-0.2, -0.15) is 13.2 Å². The minimum atomic E-state index is -4.94. The van der Waals surface area contributed by atoms with Gasteiger partial charge in [-0.25, -0.2) is 4.79 Å². The van der Waals surface area contributed by atoms with E-state index in [1.807, 2.05) is 23.1 Å². The van der Waals surface area contributed by atoms with Crippen LogP contribution in [0.3, 0.4) is 0 Å². The van der Waals surface area contributed by atoms with Crippen LogP contribution in [0.5, 0.6) is 0 Å². The summed E-state index contributed by atoms with van der Waals surface area (Å²) < 4.78 is 45.4. The number of hydrogen-bond acceptors (Lipinski definition) is 4. The summed E-state index contributed by atoms with van der Waals surface area (Å²) in [6.07, 6.45) is -5.70. The zero-order valence-corrected chi connectivity index (χ0v) is 17.1. The fraction of sp³-hybridized carbons (Fsp3) is 0.450. The van der Waals surface area contributed by atoms with Crippen molar-refractivity contribution in [3.8, 4) is 0 Å². The first kappa shape index (κ1) is 22.3. The molecule has 0 aliphatic carbocycles. The third-order valence-electron chi connectivity index (χ3n) is 5.14. The highest BCUT2D eigenvalue weighted by molar-refractivity contribution is 6.33. The van der Waals surface area contributed by atoms with Crippen molar-refractivity contribution in [3.63, 3.8) is 0 Å². The number of carbonyl (C=O) groups excluding carboxylic acids is 1. The number of rotatable bonds is 5. The van der Waals surface area contributed by atoms with Crippen molar-refractivity contribution in [3.05, 3.63) is 52.9 Å². The minimum Gasteiger partial charge on any atom is -0.463 e. The van der Waals surface area contributed by atoms with Crippen LogP contribution in [0.2, 0.25) is 5.02 Å². The normalized spacial score (nSPS) is 17.0. The molecule has 1 aliphatic heterocycles. The number of alkyl halides is 3. The second kappa shape index (κ2) is 8.77. The molecule has 1 aromatic carbocycles. The number of hydrogen-bond donors (Lipinski definition) is 2. The molecule has 164 valence electrons. The van der Waals surface area contributed by atoms with E-state index in [1.165, 1.54) is 17.9 Å². The molecule has 3 rings (SSSR count). The van der Waals surface area contributed by atoms with Gasteiger partial charge in [0.05, 0.1) is 10.7 Å². The quantitative estimate of drug-likeness (QED) is 0.732. The molecule has 10 heteroatoms. The van der Waals surface area contributed by atoms with Crippen molar-refractivity contribution in [2.45, 2.75) is 25.1 Å². The molecule has 2 amide bonds. The van der Waals surface area contributed by atoms with Crippen LogP contribution in [0.4, 0.5) is 23.7 Å². The number of benzene rings is 1. The second-order valence-electron chi connectivity index (χ2n) is 7.18. The third-order valence-corrected chi connectivity index (χ3v) is 5.46. The number of carbonyl (C=O) groups is 1. The number of piperazine rings is 1. The van der Waals surface area contributed by atoms with E-state index in [-0.39, 0.29) is 12.3 Å². The van der Waals surface area contributed by atoms with Crippen molar-refractivity contribution >= 4 is 23.3 Å². The number of urea groups is 1. The molecule has 0 saturated carbocycles. The van der Waals surface area contributed by atoms with Gasteiger partial charge in [0.2, 0.25) is 5.60 Å². The predicted molar refractivity (Wildman–Crippen MR) is 107 cm³/mol. The van der Waals surface area contributed by atoms with Gasteiger partial charge in [-0.1, -0.05) is 23.7 Å². The Morgan fingerprint density at radius 2 is 1.83 bits per heavy atom. The van der Waals surface area contributed by atoms with Gasteiger partial charge in [-0.05, 0) is 31.2 Å². The maximum atomic E-state index is 13.5. The summed E-state index contributed by atoms with van der Waals surface area (Å²) in [6.45, 7) is 3.03. The summed E-state index contributed by atoms with van der Waals surface area (Å²) in [5.41, 5.74) is -2.29. The number of anilines is 1. The van der Waals surface area contributed by atoms with Gasteiger partial charge in [-0.15, -0.1) is 0 Å². The Kier molecular flexibility index (Phi) is 6.52. The molecule has 1 aliphatic rings. The maximum Gasteiger partial charge on any atom is 0.424 e. The summed E-state index contributed by atoms with van der Waals surface area (Å²) in [5, 5.41) is 13.3. The Bertz CT molecular complexity index is 881. The summed E-state index contributed by atoms with van der Waals surface area (Å²) in [4.78, 5) is 15.9. The Hall–Kier alpha value is -2.39. The highest BCUT2D eigenvalue weighted by Crippen LogP contribution is 2.42. The van der Waals surface area contributed by atoms with Crippen molar-refractivity contribution in [1.82, 2.24) is 10.2 Å². The largest absolute Gasteiger partial charge is 0.463 e. The van der Waals surface area contributed by atoms with Gasteiger partial charge >= 0.3 is 12.2 Å². The minimum absolute atomic E-state index is 0.258. The number of halogens is 4. The second-order valence-corrected chi connectivity index (χ2v) is 7.58. The first-order valence-electron chi connectivity index (χ1n) is 9.50. The molecule has 30 heavy (non-hydrogen) atoms. The molecule has 1 fully saturated rings. The molecule has 2 N–H and O–H groups in total. The van der Waals surface area contributed by atoms with E-state index in [2.05, 4.69) is 5.32 Å². The van der Waals surface area contributed by atoms with E-state index in [0.29, 0.717) is 31.2 Å². The Labute approximate surface area is 177 Å². The molecule has 0 spiro atoms. The smallest absolute Gasteiger partial charge is 0.424 e. The average Bonchev–Trinajstić information content (AvgIpc) is 3.14. The molecule has 1 aromatic heterocycles. The number of aryl methyl sites for hydroxylation is 1. The number of para-hydroxylation sites is 1. The van der Waals surface area contributed by atoms with Gasteiger partial charge in [0.15, 0.2) is 0 Å². The van der Waals surface area contributed by atoms with Crippen LogP contribution in [0.1, 0.15) is 17.9 Å². The monoisotopic (exact) mass is 445 g/mol. The van der Waals surface area contributed by atoms with Crippen LogP contribution in [-0.2, 0) is 5.60 Å². The Balaban J connectivity index is 1.54.